The van der Waals surface area contributed by atoms with Crippen LogP contribution in [0.25, 0.3) is 0 Å². The molecule has 1 aromatic carbocycles. The van der Waals surface area contributed by atoms with Crippen LogP contribution in [0.5, 0.6) is 0 Å². The molecule has 1 N–H and O–H groups in total. The summed E-state index contributed by atoms with van der Waals surface area (Å²) >= 11 is 0. The van der Waals surface area contributed by atoms with Crippen LogP contribution in [-0.2, 0) is 0 Å². The third-order valence-electron chi connectivity index (χ3n) is 2.90. The van der Waals surface area contributed by atoms with Gasteiger partial charge < -0.3 is 10.0 Å². The fraction of sp³-hybridized carbons (Fsp3) is 0.429. The summed E-state index contributed by atoms with van der Waals surface area (Å²) in [6.07, 6.45) is 3.08. The molecule has 0 saturated carbocycles. The van der Waals surface area contributed by atoms with E-state index in [1.165, 1.54) is 12.1 Å². The van der Waals surface area contributed by atoms with Crippen LogP contribution in [0, 0.1) is 10.1 Å². The third-order valence-corrected chi connectivity index (χ3v) is 2.90. The molecule has 19 heavy (non-hydrogen) atoms. The Balaban J connectivity index is 2.57. The summed E-state index contributed by atoms with van der Waals surface area (Å²) in [5.41, 5.74) is 0.579. The molecule has 0 aliphatic heterocycles. The number of nitrogens with zero attached hydrogens (tertiary/aromatic N) is 2. The molecule has 1 unspecified atom stereocenters. The van der Waals surface area contributed by atoms with Gasteiger partial charge in [0, 0.05) is 18.7 Å². The minimum atomic E-state index is -0.714. The third kappa shape index (κ3) is 5.19. The van der Waals surface area contributed by atoms with Crippen LogP contribution >= 0.6 is 0 Å². The first kappa shape index (κ1) is 15.3. The van der Waals surface area contributed by atoms with Crippen molar-refractivity contribution < 1.29 is 10.0 Å². The molecule has 0 aromatic heterocycles. The number of non-ortho nitro benzene ring substituents is 1. The molecule has 1 atom stereocenters. The molecule has 104 valence electrons. The lowest BCUT2D eigenvalue weighted by Gasteiger charge is -2.20. The Labute approximate surface area is 113 Å². The van der Waals surface area contributed by atoms with Gasteiger partial charge in [-0.2, -0.15) is 0 Å². The van der Waals surface area contributed by atoms with Gasteiger partial charge in [-0.05, 0) is 32.0 Å². The van der Waals surface area contributed by atoms with E-state index in [-0.39, 0.29) is 5.69 Å². The first-order valence-corrected chi connectivity index (χ1v) is 6.26. The van der Waals surface area contributed by atoms with E-state index in [0.29, 0.717) is 12.1 Å². The van der Waals surface area contributed by atoms with Crippen LogP contribution < -0.4 is 0 Å². The average Bonchev–Trinajstić information content (AvgIpc) is 2.39. The molecule has 1 aromatic rings. The molecular formula is C14H20N2O3. The topological polar surface area (TPSA) is 66.6 Å². The Morgan fingerprint density at radius 2 is 2.32 bits per heavy atom. The molecule has 0 amide bonds. The molecule has 0 saturated heterocycles. The first-order valence-electron chi connectivity index (χ1n) is 6.26. The van der Waals surface area contributed by atoms with Crippen molar-refractivity contribution in [2.24, 2.45) is 0 Å². The molecule has 0 radical (unpaired) electrons. The number of hydrogen-bond donors (Lipinski definition) is 1. The summed E-state index contributed by atoms with van der Waals surface area (Å²) in [6, 6.07) is 6.13. The molecule has 5 nitrogen and oxygen atoms in total. The normalized spacial score (nSPS) is 12.4. The van der Waals surface area contributed by atoms with Crippen LogP contribution in [0.2, 0.25) is 0 Å². The Morgan fingerprint density at radius 3 is 2.95 bits per heavy atom. The van der Waals surface area contributed by atoms with Crippen molar-refractivity contribution in [2.75, 3.05) is 20.1 Å². The number of aliphatic hydroxyl groups is 1. The smallest absolute Gasteiger partial charge is 0.269 e. The highest BCUT2D eigenvalue weighted by Gasteiger charge is 2.14. The van der Waals surface area contributed by atoms with Gasteiger partial charge in [0.25, 0.3) is 5.69 Å². The zero-order chi connectivity index (χ0) is 14.3. The molecule has 0 heterocycles. The Bertz CT molecular complexity index is 434. The lowest BCUT2D eigenvalue weighted by atomic mass is 10.1. The number of unbranched alkanes of at least 4 members (excludes halogenated alkanes) is 1. The molecule has 0 aliphatic carbocycles. The Morgan fingerprint density at radius 1 is 1.58 bits per heavy atom. The fourth-order valence-corrected chi connectivity index (χ4v) is 1.84. The van der Waals surface area contributed by atoms with Gasteiger partial charge in [0.15, 0.2) is 0 Å². The zero-order valence-corrected chi connectivity index (χ0v) is 11.2. The highest BCUT2D eigenvalue weighted by molar-refractivity contribution is 5.35. The van der Waals surface area contributed by atoms with Gasteiger partial charge in [0.05, 0.1) is 11.0 Å². The number of nitro benzene ring substituents is 1. The van der Waals surface area contributed by atoms with E-state index >= 15 is 0 Å². The zero-order valence-electron chi connectivity index (χ0n) is 11.2. The van der Waals surface area contributed by atoms with Crippen LogP contribution in [0.4, 0.5) is 5.69 Å². The second-order valence-corrected chi connectivity index (χ2v) is 4.56. The van der Waals surface area contributed by atoms with Gasteiger partial charge in [0.2, 0.25) is 0 Å². The lowest BCUT2D eigenvalue weighted by molar-refractivity contribution is -0.385. The van der Waals surface area contributed by atoms with Crippen LogP contribution in [0.15, 0.2) is 36.9 Å². The largest absolute Gasteiger partial charge is 0.387 e. The van der Waals surface area contributed by atoms with E-state index in [2.05, 4.69) is 6.58 Å². The summed E-state index contributed by atoms with van der Waals surface area (Å²) in [7, 11) is 1.92. The predicted octanol–water partition coefficient (Wildman–Crippen LogP) is 2.53. The van der Waals surface area contributed by atoms with Crippen molar-refractivity contribution in [2.45, 2.75) is 18.9 Å². The van der Waals surface area contributed by atoms with E-state index in [4.69, 9.17) is 0 Å². The van der Waals surface area contributed by atoms with Crippen molar-refractivity contribution in [3.63, 3.8) is 0 Å². The van der Waals surface area contributed by atoms with E-state index in [9.17, 15) is 15.2 Å². The maximum absolute atomic E-state index is 10.7. The van der Waals surface area contributed by atoms with Crippen LogP contribution in [0.1, 0.15) is 24.5 Å². The number of rotatable bonds is 8. The van der Waals surface area contributed by atoms with Crippen molar-refractivity contribution in [3.8, 4) is 0 Å². The van der Waals surface area contributed by atoms with E-state index in [0.717, 1.165) is 19.4 Å². The Hall–Kier alpha value is -1.72. The van der Waals surface area contributed by atoms with Crippen molar-refractivity contribution >= 4 is 5.69 Å². The number of nitro groups is 1. The monoisotopic (exact) mass is 264 g/mol. The molecule has 1 rings (SSSR count). The predicted molar refractivity (Wildman–Crippen MR) is 75.0 cm³/mol. The van der Waals surface area contributed by atoms with Gasteiger partial charge >= 0.3 is 0 Å². The fourth-order valence-electron chi connectivity index (χ4n) is 1.84. The molecule has 5 heteroatoms. The van der Waals surface area contributed by atoms with Crippen LogP contribution in [-0.4, -0.2) is 35.1 Å². The summed E-state index contributed by atoms with van der Waals surface area (Å²) < 4.78 is 0. The van der Waals surface area contributed by atoms with Gasteiger partial charge in [0.1, 0.15) is 0 Å². The number of hydrogen-bond acceptors (Lipinski definition) is 4. The number of likely N-dealkylation sites (N-methyl/N-ethyl adjacent to an activating group) is 1. The average molecular weight is 264 g/mol. The highest BCUT2D eigenvalue weighted by Crippen LogP contribution is 2.19. The summed E-state index contributed by atoms with van der Waals surface area (Å²) in [4.78, 5) is 12.2. The van der Waals surface area contributed by atoms with E-state index < -0.39 is 11.0 Å². The maximum Gasteiger partial charge on any atom is 0.269 e. The van der Waals surface area contributed by atoms with E-state index in [1.54, 1.807) is 12.1 Å². The standard InChI is InChI=1S/C14H20N2O3/c1-3-4-5-9-15(2)11-14(17)12-7-6-8-13(10-12)16(18)19/h3,6-8,10,14,17H,1,4-5,9,11H2,2H3. The summed E-state index contributed by atoms with van der Waals surface area (Å²) in [6.45, 7) is 4.98. The molecule has 0 spiro atoms. The second-order valence-electron chi connectivity index (χ2n) is 4.56. The minimum absolute atomic E-state index is 0.00543. The maximum atomic E-state index is 10.7. The van der Waals surface area contributed by atoms with Crippen molar-refractivity contribution in [1.82, 2.24) is 4.90 Å². The van der Waals surface area contributed by atoms with Crippen molar-refractivity contribution in [1.29, 1.82) is 0 Å². The van der Waals surface area contributed by atoms with E-state index in [1.807, 2.05) is 18.0 Å². The highest BCUT2D eigenvalue weighted by atomic mass is 16.6. The van der Waals surface area contributed by atoms with Gasteiger partial charge in [-0.3, -0.25) is 10.1 Å². The molecule has 0 fully saturated rings. The molecule has 0 bridgehead atoms. The number of aliphatic hydroxyl groups excluding tert-OH is 1. The first-order chi connectivity index (χ1) is 9.04. The minimum Gasteiger partial charge on any atom is -0.387 e. The quantitative estimate of drug-likeness (QED) is 0.339. The van der Waals surface area contributed by atoms with Gasteiger partial charge in [-0.1, -0.05) is 18.2 Å². The second kappa shape index (κ2) is 7.66. The SMILES string of the molecule is C=CCCCN(C)CC(O)c1cccc([N+](=O)[O-])c1. The van der Waals surface area contributed by atoms with Crippen LogP contribution in [0.3, 0.4) is 0 Å². The Kier molecular flexibility index (Phi) is 6.18. The summed E-state index contributed by atoms with van der Waals surface area (Å²) in [5.74, 6) is 0. The molecular weight excluding hydrogens is 244 g/mol. The van der Waals surface area contributed by atoms with Gasteiger partial charge in [-0.15, -0.1) is 6.58 Å². The lowest BCUT2D eigenvalue weighted by Crippen LogP contribution is -2.25. The number of benzene rings is 1. The van der Waals surface area contributed by atoms with Crippen molar-refractivity contribution in [3.05, 3.63) is 52.6 Å². The molecule has 0 aliphatic rings. The summed E-state index contributed by atoms with van der Waals surface area (Å²) in [5, 5.41) is 20.7. The number of allylic oxidation sites excluding steroid dienone is 1. The van der Waals surface area contributed by atoms with Gasteiger partial charge in [-0.25, -0.2) is 0 Å².